The van der Waals surface area contributed by atoms with E-state index in [2.05, 4.69) is 28.4 Å². The number of nitrogens with one attached hydrogen (secondary N) is 1. The van der Waals surface area contributed by atoms with Crippen molar-refractivity contribution in [1.82, 2.24) is 10.2 Å². The van der Waals surface area contributed by atoms with E-state index < -0.39 is 0 Å². The van der Waals surface area contributed by atoms with E-state index in [-0.39, 0.29) is 6.10 Å². The van der Waals surface area contributed by atoms with Crippen LogP contribution in [0, 0.1) is 6.92 Å². The van der Waals surface area contributed by atoms with Crippen molar-refractivity contribution in [3.8, 4) is 11.1 Å². The molecule has 1 aromatic carbocycles. The highest BCUT2D eigenvalue weighted by molar-refractivity contribution is 5.69. The summed E-state index contributed by atoms with van der Waals surface area (Å²) in [5.41, 5.74) is 5.40. The van der Waals surface area contributed by atoms with Crippen LogP contribution in [-0.2, 0) is 16.1 Å². The molecule has 0 unspecified atom stereocenters. The number of aromatic amines is 1. The summed E-state index contributed by atoms with van der Waals surface area (Å²) < 4.78 is 10.6. The zero-order valence-corrected chi connectivity index (χ0v) is 11.9. The van der Waals surface area contributed by atoms with Crippen LogP contribution in [0.25, 0.3) is 11.1 Å². The molecular formula is C15H20N2O2. The van der Waals surface area contributed by atoms with Crippen LogP contribution >= 0.6 is 0 Å². The van der Waals surface area contributed by atoms with E-state index in [0.717, 1.165) is 28.1 Å². The Morgan fingerprint density at radius 3 is 2.79 bits per heavy atom. The van der Waals surface area contributed by atoms with Crippen molar-refractivity contribution in [2.75, 3.05) is 14.2 Å². The van der Waals surface area contributed by atoms with Crippen LogP contribution in [0.2, 0.25) is 0 Å². The molecule has 0 saturated heterocycles. The van der Waals surface area contributed by atoms with Crippen molar-refractivity contribution >= 4 is 0 Å². The molecule has 0 aliphatic rings. The van der Waals surface area contributed by atoms with Crippen molar-refractivity contribution in [1.29, 1.82) is 0 Å². The van der Waals surface area contributed by atoms with Gasteiger partial charge in [-0.1, -0.05) is 18.2 Å². The molecule has 2 aromatic rings. The van der Waals surface area contributed by atoms with Crippen LogP contribution in [0.5, 0.6) is 0 Å². The molecule has 1 N–H and O–H groups in total. The summed E-state index contributed by atoms with van der Waals surface area (Å²) in [5.74, 6) is 0. The summed E-state index contributed by atoms with van der Waals surface area (Å²) in [4.78, 5) is 0. The second-order valence-electron chi connectivity index (χ2n) is 4.61. The summed E-state index contributed by atoms with van der Waals surface area (Å²) in [6.07, 6.45) is 0.0815. The zero-order valence-electron chi connectivity index (χ0n) is 11.9. The normalized spacial score (nSPS) is 12.6. The lowest BCUT2D eigenvalue weighted by Crippen LogP contribution is -1.97. The van der Waals surface area contributed by atoms with Gasteiger partial charge in [0.2, 0.25) is 0 Å². The number of hydrogen-bond acceptors (Lipinski definition) is 3. The van der Waals surface area contributed by atoms with Crippen molar-refractivity contribution < 1.29 is 9.47 Å². The molecule has 0 fully saturated rings. The van der Waals surface area contributed by atoms with E-state index in [0.29, 0.717) is 6.61 Å². The standard InChI is InChI=1S/C15H20N2O2/c1-10-15(14(9-18-3)17-16-10)13-7-5-6-12(8-13)11(2)19-4/h5-8,11H,9H2,1-4H3,(H,16,17)/t11-/m1/s1. The highest BCUT2D eigenvalue weighted by Gasteiger charge is 2.13. The summed E-state index contributed by atoms with van der Waals surface area (Å²) in [5, 5.41) is 7.32. The number of ether oxygens (including phenoxy) is 2. The van der Waals surface area contributed by atoms with Crippen molar-refractivity contribution in [3.63, 3.8) is 0 Å². The Morgan fingerprint density at radius 2 is 2.11 bits per heavy atom. The molecule has 0 aliphatic carbocycles. The molecule has 0 amide bonds. The van der Waals surface area contributed by atoms with Crippen LogP contribution < -0.4 is 0 Å². The third-order valence-corrected chi connectivity index (χ3v) is 3.30. The number of aryl methyl sites for hydroxylation is 1. The average Bonchev–Trinajstić information content (AvgIpc) is 2.79. The molecule has 4 heteroatoms. The molecule has 102 valence electrons. The number of hydrogen-bond donors (Lipinski definition) is 1. The van der Waals surface area contributed by atoms with Crippen molar-refractivity contribution in [2.45, 2.75) is 26.6 Å². The number of rotatable bonds is 5. The second-order valence-corrected chi connectivity index (χ2v) is 4.61. The highest BCUT2D eigenvalue weighted by atomic mass is 16.5. The van der Waals surface area contributed by atoms with E-state index in [9.17, 15) is 0 Å². The molecule has 1 atom stereocenters. The molecule has 1 heterocycles. The van der Waals surface area contributed by atoms with Crippen LogP contribution in [0.3, 0.4) is 0 Å². The Kier molecular flexibility index (Phi) is 4.35. The lowest BCUT2D eigenvalue weighted by molar-refractivity contribution is 0.119. The molecule has 4 nitrogen and oxygen atoms in total. The fraction of sp³-hybridized carbons (Fsp3) is 0.400. The quantitative estimate of drug-likeness (QED) is 0.897. The minimum atomic E-state index is 0.0815. The van der Waals surface area contributed by atoms with Crippen LogP contribution in [-0.4, -0.2) is 24.4 Å². The first kappa shape index (κ1) is 13.8. The van der Waals surface area contributed by atoms with Gasteiger partial charge in [-0.15, -0.1) is 0 Å². The minimum absolute atomic E-state index is 0.0815. The van der Waals surface area contributed by atoms with Gasteiger partial charge in [0.1, 0.15) is 0 Å². The molecular weight excluding hydrogens is 240 g/mol. The maximum absolute atomic E-state index is 5.37. The van der Waals surface area contributed by atoms with E-state index in [1.165, 1.54) is 0 Å². The lowest BCUT2D eigenvalue weighted by Gasteiger charge is -2.12. The minimum Gasteiger partial charge on any atom is -0.378 e. The van der Waals surface area contributed by atoms with Gasteiger partial charge in [0.05, 0.1) is 18.4 Å². The Balaban J connectivity index is 2.44. The van der Waals surface area contributed by atoms with Gasteiger partial charge in [0.25, 0.3) is 0 Å². The third-order valence-electron chi connectivity index (χ3n) is 3.30. The van der Waals surface area contributed by atoms with Gasteiger partial charge in [-0.25, -0.2) is 0 Å². The van der Waals surface area contributed by atoms with Gasteiger partial charge in [-0.05, 0) is 31.0 Å². The van der Waals surface area contributed by atoms with Gasteiger partial charge in [0.15, 0.2) is 0 Å². The second kappa shape index (κ2) is 5.99. The smallest absolute Gasteiger partial charge is 0.0960 e. The number of nitrogens with zero attached hydrogens (tertiary/aromatic N) is 1. The van der Waals surface area contributed by atoms with Gasteiger partial charge < -0.3 is 9.47 Å². The number of methoxy groups -OCH3 is 2. The first-order valence-electron chi connectivity index (χ1n) is 6.33. The average molecular weight is 260 g/mol. The molecule has 19 heavy (non-hydrogen) atoms. The Bertz CT molecular complexity index is 549. The van der Waals surface area contributed by atoms with Crippen LogP contribution in [0.4, 0.5) is 0 Å². The number of H-pyrrole nitrogens is 1. The predicted molar refractivity (Wildman–Crippen MR) is 74.9 cm³/mol. The molecule has 0 bridgehead atoms. The van der Waals surface area contributed by atoms with E-state index in [1.54, 1.807) is 14.2 Å². The molecule has 0 saturated carbocycles. The lowest BCUT2D eigenvalue weighted by atomic mass is 9.99. The van der Waals surface area contributed by atoms with E-state index >= 15 is 0 Å². The number of benzene rings is 1. The Labute approximate surface area is 113 Å². The summed E-state index contributed by atoms with van der Waals surface area (Å²) in [7, 11) is 3.40. The monoisotopic (exact) mass is 260 g/mol. The number of aromatic nitrogens is 2. The van der Waals surface area contributed by atoms with Gasteiger partial charge >= 0.3 is 0 Å². The van der Waals surface area contributed by atoms with Gasteiger partial charge in [-0.3, -0.25) is 5.10 Å². The van der Waals surface area contributed by atoms with Crippen LogP contribution in [0.1, 0.15) is 30.0 Å². The largest absolute Gasteiger partial charge is 0.378 e. The molecule has 0 spiro atoms. The summed E-state index contributed by atoms with van der Waals surface area (Å²) in [6.45, 7) is 4.56. The maximum Gasteiger partial charge on any atom is 0.0960 e. The Hall–Kier alpha value is -1.65. The van der Waals surface area contributed by atoms with Gasteiger partial charge in [0, 0.05) is 25.5 Å². The Morgan fingerprint density at radius 1 is 1.32 bits per heavy atom. The summed E-state index contributed by atoms with van der Waals surface area (Å²) >= 11 is 0. The third kappa shape index (κ3) is 2.85. The first-order chi connectivity index (χ1) is 9.17. The van der Waals surface area contributed by atoms with Gasteiger partial charge in [-0.2, -0.15) is 5.10 Å². The van der Waals surface area contributed by atoms with E-state index in [4.69, 9.17) is 9.47 Å². The SMILES string of the molecule is COCc1n[nH]c(C)c1-c1cccc([C@@H](C)OC)c1. The topological polar surface area (TPSA) is 47.1 Å². The first-order valence-corrected chi connectivity index (χ1v) is 6.33. The zero-order chi connectivity index (χ0) is 13.8. The van der Waals surface area contributed by atoms with Crippen LogP contribution in [0.15, 0.2) is 24.3 Å². The fourth-order valence-electron chi connectivity index (χ4n) is 2.19. The van der Waals surface area contributed by atoms with Crippen molar-refractivity contribution in [3.05, 3.63) is 41.2 Å². The van der Waals surface area contributed by atoms with E-state index in [1.807, 2.05) is 19.9 Å². The summed E-state index contributed by atoms with van der Waals surface area (Å²) in [6, 6.07) is 8.35. The van der Waals surface area contributed by atoms with Crippen molar-refractivity contribution in [2.24, 2.45) is 0 Å². The molecule has 2 rings (SSSR count). The molecule has 0 radical (unpaired) electrons. The maximum atomic E-state index is 5.37. The molecule has 1 aromatic heterocycles. The highest BCUT2D eigenvalue weighted by Crippen LogP contribution is 2.29. The fourth-order valence-corrected chi connectivity index (χ4v) is 2.19. The predicted octanol–water partition coefficient (Wildman–Crippen LogP) is 3.24. The molecule has 0 aliphatic heterocycles.